The van der Waals surface area contributed by atoms with Crippen LogP contribution in [0, 0.1) is 5.82 Å². The van der Waals surface area contributed by atoms with Crippen LogP contribution in [0.5, 0.6) is 0 Å². The molecule has 132 valence electrons. The molecule has 3 N–H and O–H groups in total. The van der Waals surface area contributed by atoms with E-state index in [0.717, 1.165) is 25.0 Å². The topological polar surface area (TPSA) is 104 Å². The van der Waals surface area contributed by atoms with Gasteiger partial charge in [-0.3, -0.25) is 9.59 Å². The van der Waals surface area contributed by atoms with Crippen molar-refractivity contribution in [2.75, 3.05) is 13.1 Å². The fourth-order valence-electron chi connectivity index (χ4n) is 1.93. The fourth-order valence-corrected chi connectivity index (χ4v) is 3.00. The maximum absolute atomic E-state index is 12.8. The van der Waals surface area contributed by atoms with Gasteiger partial charge < -0.3 is 10.6 Å². The Labute approximate surface area is 140 Å². The van der Waals surface area contributed by atoms with E-state index in [-0.39, 0.29) is 48.7 Å². The fraction of sp³-hybridized carbons (Fsp3) is 0.467. The Morgan fingerprint density at radius 2 is 1.79 bits per heavy atom. The standard InChI is InChI=1S/C15H20FN3O4S/c16-11-3-7-13(8-4-11)24(22,23)18-9-1-2-14(20)17-10-15(21)19-12-5-6-12/h3-4,7-8,12,18H,1-2,5-6,9-10H2,(H,17,20)(H,19,21). The molecule has 1 aliphatic carbocycles. The minimum atomic E-state index is -3.72. The molecule has 7 nitrogen and oxygen atoms in total. The van der Waals surface area contributed by atoms with Crippen molar-refractivity contribution in [2.45, 2.75) is 36.6 Å². The van der Waals surface area contributed by atoms with Crippen molar-refractivity contribution in [3.63, 3.8) is 0 Å². The number of nitrogens with one attached hydrogen (secondary N) is 3. The summed E-state index contributed by atoms with van der Waals surface area (Å²) in [5.41, 5.74) is 0. The third-order valence-corrected chi connectivity index (χ3v) is 4.86. The molecule has 0 radical (unpaired) electrons. The molecule has 0 aromatic heterocycles. The highest BCUT2D eigenvalue weighted by molar-refractivity contribution is 7.89. The van der Waals surface area contributed by atoms with Gasteiger partial charge in [0.05, 0.1) is 11.4 Å². The van der Waals surface area contributed by atoms with Gasteiger partial charge in [0, 0.05) is 19.0 Å². The molecule has 1 aromatic rings. The van der Waals surface area contributed by atoms with Crippen molar-refractivity contribution in [1.82, 2.24) is 15.4 Å². The lowest BCUT2D eigenvalue weighted by Gasteiger charge is -2.08. The lowest BCUT2D eigenvalue weighted by Crippen LogP contribution is -2.38. The summed E-state index contributed by atoms with van der Waals surface area (Å²) in [6, 6.07) is 4.71. The monoisotopic (exact) mass is 357 g/mol. The Hall–Kier alpha value is -2.00. The zero-order chi connectivity index (χ0) is 17.6. The van der Waals surface area contributed by atoms with Crippen molar-refractivity contribution in [2.24, 2.45) is 0 Å². The quantitative estimate of drug-likeness (QED) is 0.552. The van der Waals surface area contributed by atoms with Crippen molar-refractivity contribution in [3.8, 4) is 0 Å². The number of carbonyl (C=O) groups is 2. The average Bonchev–Trinajstić information content (AvgIpc) is 3.34. The Morgan fingerprint density at radius 1 is 1.12 bits per heavy atom. The maximum atomic E-state index is 12.8. The Bertz CT molecular complexity index is 687. The molecule has 0 saturated heterocycles. The number of hydrogen-bond acceptors (Lipinski definition) is 4. The van der Waals surface area contributed by atoms with Gasteiger partial charge in [-0.15, -0.1) is 0 Å². The second-order valence-electron chi connectivity index (χ2n) is 5.57. The number of amides is 2. The molecule has 0 heterocycles. The predicted octanol–water partition coefficient (Wildman–Crippen LogP) is 0.279. The van der Waals surface area contributed by atoms with E-state index in [4.69, 9.17) is 0 Å². The second-order valence-corrected chi connectivity index (χ2v) is 7.34. The highest BCUT2D eigenvalue weighted by Gasteiger charge is 2.23. The van der Waals surface area contributed by atoms with Gasteiger partial charge in [-0.05, 0) is 43.5 Å². The molecular weight excluding hydrogens is 337 g/mol. The van der Waals surface area contributed by atoms with E-state index in [0.29, 0.717) is 0 Å². The molecule has 9 heteroatoms. The van der Waals surface area contributed by atoms with Crippen LogP contribution in [-0.2, 0) is 19.6 Å². The van der Waals surface area contributed by atoms with Gasteiger partial charge in [-0.1, -0.05) is 0 Å². The van der Waals surface area contributed by atoms with Crippen molar-refractivity contribution in [3.05, 3.63) is 30.1 Å². The van der Waals surface area contributed by atoms with Crippen molar-refractivity contribution >= 4 is 21.8 Å². The zero-order valence-electron chi connectivity index (χ0n) is 13.0. The Balaban J connectivity index is 1.63. The predicted molar refractivity (Wildman–Crippen MR) is 85.0 cm³/mol. The number of halogens is 1. The molecule has 2 rings (SSSR count). The van der Waals surface area contributed by atoms with Crippen LogP contribution >= 0.6 is 0 Å². The minimum Gasteiger partial charge on any atom is -0.352 e. The number of hydrogen-bond donors (Lipinski definition) is 3. The van der Waals surface area contributed by atoms with Crippen LogP contribution < -0.4 is 15.4 Å². The average molecular weight is 357 g/mol. The summed E-state index contributed by atoms with van der Waals surface area (Å²) in [7, 11) is -3.72. The van der Waals surface area contributed by atoms with E-state index >= 15 is 0 Å². The maximum Gasteiger partial charge on any atom is 0.240 e. The van der Waals surface area contributed by atoms with Crippen LogP contribution in [0.3, 0.4) is 0 Å². The normalized spacial score (nSPS) is 14.2. The molecule has 0 unspecified atom stereocenters. The van der Waals surface area contributed by atoms with Crippen LogP contribution in [-0.4, -0.2) is 39.4 Å². The molecule has 1 aromatic carbocycles. The first-order chi connectivity index (χ1) is 11.4. The van der Waals surface area contributed by atoms with Crippen LogP contribution in [0.4, 0.5) is 4.39 Å². The minimum absolute atomic E-state index is 0.0369. The van der Waals surface area contributed by atoms with Gasteiger partial charge in [0.15, 0.2) is 0 Å². The van der Waals surface area contributed by atoms with Gasteiger partial charge in [-0.25, -0.2) is 17.5 Å². The summed E-state index contributed by atoms with van der Waals surface area (Å²) in [6.07, 6.45) is 2.35. The smallest absolute Gasteiger partial charge is 0.240 e. The second kappa shape index (κ2) is 8.20. The van der Waals surface area contributed by atoms with Crippen LogP contribution in [0.15, 0.2) is 29.2 Å². The van der Waals surface area contributed by atoms with Gasteiger partial charge in [0.25, 0.3) is 0 Å². The number of benzene rings is 1. The van der Waals surface area contributed by atoms with E-state index in [1.165, 1.54) is 12.1 Å². The summed E-state index contributed by atoms with van der Waals surface area (Å²) in [6.45, 7) is -0.00194. The van der Waals surface area contributed by atoms with Gasteiger partial charge in [0.1, 0.15) is 5.82 Å². The van der Waals surface area contributed by atoms with E-state index in [1.54, 1.807) is 0 Å². The molecular formula is C15H20FN3O4S. The van der Waals surface area contributed by atoms with Gasteiger partial charge >= 0.3 is 0 Å². The Morgan fingerprint density at radius 3 is 2.42 bits per heavy atom. The third kappa shape index (κ3) is 6.25. The van der Waals surface area contributed by atoms with Crippen molar-refractivity contribution < 1.29 is 22.4 Å². The molecule has 1 saturated carbocycles. The van der Waals surface area contributed by atoms with E-state index < -0.39 is 15.8 Å². The van der Waals surface area contributed by atoms with Crippen molar-refractivity contribution in [1.29, 1.82) is 0 Å². The molecule has 0 atom stereocenters. The number of carbonyl (C=O) groups excluding carboxylic acids is 2. The summed E-state index contributed by atoms with van der Waals surface area (Å²) < 4.78 is 39.0. The highest BCUT2D eigenvalue weighted by Crippen LogP contribution is 2.18. The van der Waals surface area contributed by atoms with E-state index in [1.807, 2.05) is 0 Å². The lowest BCUT2D eigenvalue weighted by atomic mass is 10.3. The lowest BCUT2D eigenvalue weighted by molar-refractivity contribution is -0.126. The zero-order valence-corrected chi connectivity index (χ0v) is 13.9. The molecule has 0 spiro atoms. The molecule has 0 aliphatic heterocycles. The molecule has 24 heavy (non-hydrogen) atoms. The number of rotatable bonds is 9. The first kappa shape index (κ1) is 18.3. The van der Waals surface area contributed by atoms with Crippen LogP contribution in [0.2, 0.25) is 0 Å². The summed E-state index contributed by atoms with van der Waals surface area (Å²) in [5.74, 6) is -1.05. The molecule has 1 aliphatic rings. The summed E-state index contributed by atoms with van der Waals surface area (Å²) in [4.78, 5) is 22.9. The summed E-state index contributed by atoms with van der Waals surface area (Å²) >= 11 is 0. The first-order valence-electron chi connectivity index (χ1n) is 7.68. The van der Waals surface area contributed by atoms with Crippen LogP contribution in [0.25, 0.3) is 0 Å². The molecule has 1 fully saturated rings. The largest absolute Gasteiger partial charge is 0.352 e. The molecule has 2 amide bonds. The van der Waals surface area contributed by atoms with Gasteiger partial charge in [-0.2, -0.15) is 0 Å². The molecule has 0 bridgehead atoms. The van der Waals surface area contributed by atoms with Gasteiger partial charge in [0.2, 0.25) is 21.8 Å². The Kier molecular flexibility index (Phi) is 6.27. The van der Waals surface area contributed by atoms with E-state index in [2.05, 4.69) is 15.4 Å². The van der Waals surface area contributed by atoms with Crippen LogP contribution in [0.1, 0.15) is 25.7 Å². The first-order valence-corrected chi connectivity index (χ1v) is 9.16. The highest BCUT2D eigenvalue weighted by atomic mass is 32.2. The summed E-state index contributed by atoms with van der Waals surface area (Å²) in [5, 5.41) is 5.23. The van der Waals surface area contributed by atoms with E-state index in [9.17, 15) is 22.4 Å². The SMILES string of the molecule is O=C(CCCNS(=O)(=O)c1ccc(F)cc1)NCC(=O)NC1CC1. The number of sulfonamides is 1. The third-order valence-electron chi connectivity index (χ3n) is 3.39.